The van der Waals surface area contributed by atoms with Crippen LogP contribution in [0.5, 0.6) is 5.75 Å². The summed E-state index contributed by atoms with van der Waals surface area (Å²) in [6.45, 7) is 4.73. The number of halogens is 1. The van der Waals surface area contributed by atoms with E-state index in [0.29, 0.717) is 25.7 Å². The third-order valence-corrected chi connectivity index (χ3v) is 4.91. The molecule has 1 aliphatic rings. The largest absolute Gasteiger partial charge is 0.491 e. The number of nitrogens with one attached hydrogen (secondary N) is 2. The van der Waals surface area contributed by atoms with Gasteiger partial charge in [-0.1, -0.05) is 36.4 Å². The van der Waals surface area contributed by atoms with Gasteiger partial charge in [-0.25, -0.2) is 0 Å². The normalized spacial score (nSPS) is 15.1. The summed E-state index contributed by atoms with van der Waals surface area (Å²) in [6.07, 6.45) is 1.13. The monoisotopic (exact) mass is 495 g/mol. The lowest BCUT2D eigenvalue weighted by Gasteiger charge is -2.30. The Balaban J connectivity index is 0.00000280. The van der Waals surface area contributed by atoms with Gasteiger partial charge in [-0.15, -0.1) is 24.0 Å². The molecule has 0 spiro atoms. The number of aliphatic imine (C=N–C) groups is 1. The topological polar surface area (TPSA) is 54.9 Å². The molecule has 0 amide bonds. The van der Waals surface area contributed by atoms with Gasteiger partial charge in [0.1, 0.15) is 12.4 Å². The van der Waals surface area contributed by atoms with Crippen LogP contribution in [0.15, 0.2) is 47.5 Å². The third-order valence-electron chi connectivity index (χ3n) is 4.91. The molecule has 6 heteroatoms. The van der Waals surface area contributed by atoms with Gasteiger partial charge in [0, 0.05) is 38.7 Å². The molecule has 0 aliphatic heterocycles. The molecule has 152 valence electrons. The number of methoxy groups -OCH3 is 1. The summed E-state index contributed by atoms with van der Waals surface area (Å²) in [4.78, 5) is 4.35. The molecule has 0 radical (unpaired) electrons. The van der Waals surface area contributed by atoms with Gasteiger partial charge in [0.25, 0.3) is 0 Å². The highest BCUT2D eigenvalue weighted by Crippen LogP contribution is 2.33. The van der Waals surface area contributed by atoms with E-state index in [1.54, 1.807) is 14.2 Å². The molecule has 0 heterocycles. The van der Waals surface area contributed by atoms with Gasteiger partial charge in [-0.2, -0.15) is 0 Å². The minimum Gasteiger partial charge on any atom is -0.491 e. The van der Waals surface area contributed by atoms with E-state index >= 15 is 0 Å². The Morgan fingerprint density at radius 2 is 1.96 bits per heavy atom. The van der Waals surface area contributed by atoms with Crippen LogP contribution in [0.3, 0.4) is 0 Å². The van der Waals surface area contributed by atoms with Gasteiger partial charge in [0.15, 0.2) is 5.96 Å². The zero-order chi connectivity index (χ0) is 19.1. The highest BCUT2D eigenvalue weighted by atomic mass is 127. The van der Waals surface area contributed by atoms with Gasteiger partial charge < -0.3 is 20.1 Å². The number of ether oxygens (including phenoxy) is 2. The maximum absolute atomic E-state index is 5.86. The lowest BCUT2D eigenvalue weighted by atomic mass is 9.78. The highest BCUT2D eigenvalue weighted by Gasteiger charge is 2.25. The molecule has 0 saturated carbocycles. The molecule has 1 unspecified atom stereocenters. The number of fused-ring (bicyclic) bond motifs is 1. The summed E-state index contributed by atoms with van der Waals surface area (Å²) in [5.41, 5.74) is 5.20. The van der Waals surface area contributed by atoms with Crippen LogP contribution in [0.4, 0.5) is 0 Å². The quantitative estimate of drug-likeness (QED) is 0.254. The molecule has 28 heavy (non-hydrogen) atoms. The summed E-state index contributed by atoms with van der Waals surface area (Å²) in [5, 5.41) is 6.83. The SMILES string of the molecule is CN=C(NCc1ccc(C)cc1OCCOC)NCC1Cc2ccccc21.I. The van der Waals surface area contributed by atoms with Crippen LogP contribution in [0.25, 0.3) is 0 Å². The van der Waals surface area contributed by atoms with Crippen molar-refractivity contribution in [3.05, 3.63) is 64.7 Å². The van der Waals surface area contributed by atoms with Crippen molar-refractivity contribution < 1.29 is 9.47 Å². The predicted octanol–water partition coefficient (Wildman–Crippen LogP) is 3.64. The maximum atomic E-state index is 5.86. The fourth-order valence-electron chi connectivity index (χ4n) is 3.34. The van der Waals surface area contributed by atoms with E-state index in [1.807, 2.05) is 0 Å². The Labute approximate surface area is 184 Å². The van der Waals surface area contributed by atoms with E-state index in [0.717, 1.165) is 30.2 Å². The average Bonchev–Trinajstić information content (AvgIpc) is 2.66. The van der Waals surface area contributed by atoms with E-state index in [-0.39, 0.29) is 24.0 Å². The molecular weight excluding hydrogens is 465 g/mol. The molecule has 2 aromatic rings. The third kappa shape index (κ3) is 5.85. The Kier molecular flexibility index (Phi) is 9.05. The van der Waals surface area contributed by atoms with Gasteiger partial charge in [0.05, 0.1) is 6.61 Å². The lowest BCUT2D eigenvalue weighted by Crippen LogP contribution is -2.40. The summed E-state index contributed by atoms with van der Waals surface area (Å²) in [7, 11) is 3.48. The molecule has 0 saturated heterocycles. The van der Waals surface area contributed by atoms with Crippen molar-refractivity contribution >= 4 is 29.9 Å². The number of nitrogens with zero attached hydrogens (tertiary/aromatic N) is 1. The smallest absolute Gasteiger partial charge is 0.191 e. The molecule has 0 aromatic heterocycles. The first kappa shape index (κ1) is 22.5. The van der Waals surface area contributed by atoms with Crippen LogP contribution >= 0.6 is 24.0 Å². The number of hydrogen-bond acceptors (Lipinski definition) is 3. The first-order valence-electron chi connectivity index (χ1n) is 9.45. The zero-order valence-electron chi connectivity index (χ0n) is 16.8. The summed E-state index contributed by atoms with van der Waals surface area (Å²) >= 11 is 0. The zero-order valence-corrected chi connectivity index (χ0v) is 19.2. The number of hydrogen-bond donors (Lipinski definition) is 2. The fraction of sp³-hybridized carbons (Fsp3) is 0.409. The minimum atomic E-state index is 0. The number of rotatable bonds is 8. The van der Waals surface area contributed by atoms with Gasteiger partial charge in [0.2, 0.25) is 0 Å². The summed E-state index contributed by atoms with van der Waals surface area (Å²) in [5.74, 6) is 2.26. The fourth-order valence-corrected chi connectivity index (χ4v) is 3.34. The van der Waals surface area contributed by atoms with Crippen molar-refractivity contribution in [1.29, 1.82) is 0 Å². The van der Waals surface area contributed by atoms with Crippen molar-refractivity contribution in [2.24, 2.45) is 4.99 Å². The second kappa shape index (κ2) is 11.3. The van der Waals surface area contributed by atoms with E-state index in [1.165, 1.54) is 16.7 Å². The molecule has 0 fully saturated rings. The molecule has 2 N–H and O–H groups in total. The van der Waals surface area contributed by atoms with E-state index < -0.39 is 0 Å². The van der Waals surface area contributed by atoms with Gasteiger partial charge >= 0.3 is 0 Å². The van der Waals surface area contributed by atoms with Crippen LogP contribution in [0.1, 0.15) is 28.2 Å². The highest BCUT2D eigenvalue weighted by molar-refractivity contribution is 14.0. The minimum absolute atomic E-state index is 0. The maximum Gasteiger partial charge on any atom is 0.191 e. The second-order valence-electron chi connectivity index (χ2n) is 6.86. The molecule has 0 bridgehead atoms. The van der Waals surface area contributed by atoms with E-state index in [2.05, 4.69) is 65.0 Å². The first-order valence-corrected chi connectivity index (χ1v) is 9.45. The van der Waals surface area contributed by atoms with E-state index in [9.17, 15) is 0 Å². The lowest BCUT2D eigenvalue weighted by molar-refractivity contribution is 0.145. The van der Waals surface area contributed by atoms with Crippen LogP contribution in [-0.2, 0) is 17.7 Å². The number of benzene rings is 2. The Morgan fingerprint density at radius 3 is 2.71 bits per heavy atom. The van der Waals surface area contributed by atoms with Gasteiger partial charge in [-0.3, -0.25) is 4.99 Å². The molecule has 1 atom stereocenters. The predicted molar refractivity (Wildman–Crippen MR) is 125 cm³/mol. The standard InChI is InChI=1S/C22H29N3O2.HI/c1-16-8-9-18(21(12-16)27-11-10-26-3)14-24-22(23-2)25-15-19-13-17-6-4-5-7-20(17)19;/h4-9,12,19H,10-11,13-15H2,1-3H3,(H2,23,24,25);1H. The summed E-state index contributed by atoms with van der Waals surface area (Å²) in [6, 6.07) is 14.9. The van der Waals surface area contributed by atoms with Crippen molar-refractivity contribution in [2.45, 2.75) is 25.8 Å². The molecular formula is C22H30IN3O2. The van der Waals surface area contributed by atoms with Crippen molar-refractivity contribution in [1.82, 2.24) is 10.6 Å². The first-order chi connectivity index (χ1) is 13.2. The van der Waals surface area contributed by atoms with Crippen molar-refractivity contribution in [2.75, 3.05) is 33.9 Å². The molecule has 5 nitrogen and oxygen atoms in total. The molecule has 2 aromatic carbocycles. The average molecular weight is 495 g/mol. The Hall–Kier alpha value is -1.80. The van der Waals surface area contributed by atoms with Crippen LogP contribution < -0.4 is 15.4 Å². The Morgan fingerprint density at radius 1 is 1.14 bits per heavy atom. The summed E-state index contributed by atoms with van der Waals surface area (Å²) < 4.78 is 10.9. The van der Waals surface area contributed by atoms with Gasteiger partial charge in [-0.05, 0) is 36.1 Å². The molecule has 1 aliphatic carbocycles. The van der Waals surface area contributed by atoms with Crippen LogP contribution in [-0.4, -0.2) is 39.9 Å². The Bertz CT molecular complexity index is 795. The van der Waals surface area contributed by atoms with E-state index in [4.69, 9.17) is 9.47 Å². The van der Waals surface area contributed by atoms with Crippen LogP contribution in [0, 0.1) is 6.92 Å². The number of aryl methyl sites for hydroxylation is 1. The van der Waals surface area contributed by atoms with Crippen LogP contribution in [0.2, 0.25) is 0 Å². The number of guanidine groups is 1. The van der Waals surface area contributed by atoms with Crippen molar-refractivity contribution in [3.8, 4) is 5.75 Å². The molecule has 3 rings (SSSR count). The van der Waals surface area contributed by atoms with Crippen molar-refractivity contribution in [3.63, 3.8) is 0 Å². The second-order valence-corrected chi connectivity index (χ2v) is 6.86.